The summed E-state index contributed by atoms with van der Waals surface area (Å²) in [6, 6.07) is 9.38. The summed E-state index contributed by atoms with van der Waals surface area (Å²) in [5, 5.41) is 9.14. The molecule has 0 radical (unpaired) electrons. The Kier molecular flexibility index (Phi) is 9.01. The van der Waals surface area contributed by atoms with Gasteiger partial charge in [0.2, 0.25) is 5.76 Å². The number of ether oxygens (including phenoxy) is 1. The van der Waals surface area contributed by atoms with Gasteiger partial charge < -0.3 is 9.84 Å². The maximum absolute atomic E-state index is 11.1. The molecule has 0 saturated carbocycles. The van der Waals surface area contributed by atoms with Crippen LogP contribution in [0, 0.1) is 0 Å². The van der Waals surface area contributed by atoms with Gasteiger partial charge in [0.25, 0.3) is 0 Å². The van der Waals surface area contributed by atoms with E-state index in [0.29, 0.717) is 6.61 Å². The summed E-state index contributed by atoms with van der Waals surface area (Å²) in [5.41, 5.74) is 0.842. The van der Waals surface area contributed by atoms with Gasteiger partial charge in [0.15, 0.2) is 0 Å². The van der Waals surface area contributed by atoms with Crippen molar-refractivity contribution in [1.29, 1.82) is 0 Å². The molecule has 1 rings (SSSR count). The van der Waals surface area contributed by atoms with Gasteiger partial charge in [-0.15, -0.1) is 0 Å². The van der Waals surface area contributed by atoms with E-state index in [9.17, 15) is 4.79 Å². The van der Waals surface area contributed by atoms with Gasteiger partial charge in [-0.2, -0.15) is 0 Å². The molecule has 3 nitrogen and oxygen atoms in total. The first-order chi connectivity index (χ1) is 10.2. The molecule has 0 saturated heterocycles. The number of aliphatic carboxylic acids is 1. The van der Waals surface area contributed by atoms with Crippen LogP contribution in [0.25, 0.3) is 6.08 Å². The third kappa shape index (κ3) is 8.18. The highest BCUT2D eigenvalue weighted by Crippen LogP contribution is 2.11. The van der Waals surface area contributed by atoms with E-state index in [2.05, 4.69) is 6.92 Å². The Morgan fingerprint density at radius 1 is 1.05 bits per heavy atom. The molecule has 3 heteroatoms. The van der Waals surface area contributed by atoms with Gasteiger partial charge in [-0.25, -0.2) is 4.79 Å². The second-order valence-electron chi connectivity index (χ2n) is 5.19. The summed E-state index contributed by atoms with van der Waals surface area (Å²) in [7, 11) is 0. The van der Waals surface area contributed by atoms with Crippen LogP contribution < -0.4 is 0 Å². The van der Waals surface area contributed by atoms with Crippen LogP contribution in [-0.2, 0) is 9.53 Å². The predicted molar refractivity (Wildman–Crippen MR) is 86.0 cm³/mol. The third-order valence-electron chi connectivity index (χ3n) is 3.31. The maximum atomic E-state index is 11.1. The monoisotopic (exact) mass is 290 g/mol. The average Bonchev–Trinajstić information content (AvgIpc) is 2.49. The SMILES string of the molecule is CCCCCCCCCOC(=Cc1ccccc1)C(=O)O. The van der Waals surface area contributed by atoms with Gasteiger partial charge in [0, 0.05) is 0 Å². The Morgan fingerprint density at radius 3 is 2.29 bits per heavy atom. The van der Waals surface area contributed by atoms with Crippen molar-refractivity contribution in [2.24, 2.45) is 0 Å². The number of benzene rings is 1. The molecule has 0 spiro atoms. The summed E-state index contributed by atoms with van der Waals surface area (Å²) >= 11 is 0. The van der Waals surface area contributed by atoms with Crippen LogP contribution in [-0.4, -0.2) is 17.7 Å². The normalized spacial score (nSPS) is 11.4. The molecule has 0 aliphatic carbocycles. The van der Waals surface area contributed by atoms with Crippen molar-refractivity contribution in [3.63, 3.8) is 0 Å². The molecule has 0 aliphatic heterocycles. The van der Waals surface area contributed by atoms with Crippen LogP contribution >= 0.6 is 0 Å². The first-order valence-corrected chi connectivity index (χ1v) is 7.87. The quantitative estimate of drug-likeness (QED) is 0.359. The van der Waals surface area contributed by atoms with E-state index in [1.54, 1.807) is 6.08 Å². The van der Waals surface area contributed by atoms with E-state index in [-0.39, 0.29) is 5.76 Å². The van der Waals surface area contributed by atoms with E-state index in [0.717, 1.165) is 18.4 Å². The molecule has 116 valence electrons. The van der Waals surface area contributed by atoms with Crippen molar-refractivity contribution in [3.8, 4) is 0 Å². The van der Waals surface area contributed by atoms with Gasteiger partial charge in [-0.1, -0.05) is 75.8 Å². The zero-order chi connectivity index (χ0) is 15.3. The Bertz CT molecular complexity index is 423. The Morgan fingerprint density at radius 2 is 1.67 bits per heavy atom. The summed E-state index contributed by atoms with van der Waals surface area (Å²) in [5.74, 6) is -0.992. The van der Waals surface area contributed by atoms with E-state index in [4.69, 9.17) is 9.84 Å². The van der Waals surface area contributed by atoms with Gasteiger partial charge >= 0.3 is 5.97 Å². The summed E-state index contributed by atoms with van der Waals surface area (Å²) in [6.07, 6.45) is 9.91. The number of rotatable bonds is 11. The van der Waals surface area contributed by atoms with Gasteiger partial charge in [-0.05, 0) is 18.1 Å². The van der Waals surface area contributed by atoms with E-state index < -0.39 is 5.97 Å². The van der Waals surface area contributed by atoms with Crippen molar-refractivity contribution in [2.45, 2.75) is 51.9 Å². The fourth-order valence-electron chi connectivity index (χ4n) is 2.11. The van der Waals surface area contributed by atoms with Crippen molar-refractivity contribution in [1.82, 2.24) is 0 Å². The van der Waals surface area contributed by atoms with E-state index in [1.807, 2.05) is 30.3 Å². The lowest BCUT2D eigenvalue weighted by Gasteiger charge is -2.07. The van der Waals surface area contributed by atoms with Crippen LogP contribution in [0.5, 0.6) is 0 Å². The zero-order valence-electron chi connectivity index (χ0n) is 12.9. The molecule has 0 aromatic heterocycles. The zero-order valence-corrected chi connectivity index (χ0v) is 12.9. The second kappa shape index (κ2) is 11.0. The van der Waals surface area contributed by atoms with Crippen LogP contribution in [0.1, 0.15) is 57.4 Å². The molecule has 21 heavy (non-hydrogen) atoms. The molecule has 0 atom stereocenters. The Hall–Kier alpha value is -1.77. The highest BCUT2D eigenvalue weighted by molar-refractivity contribution is 5.89. The number of hydrogen-bond donors (Lipinski definition) is 1. The number of carboxylic acid groups (broad SMARTS) is 1. The molecule has 0 bridgehead atoms. The molecule has 0 heterocycles. The molecule has 0 fully saturated rings. The van der Waals surface area contributed by atoms with Crippen molar-refractivity contribution in [3.05, 3.63) is 41.7 Å². The first-order valence-electron chi connectivity index (χ1n) is 7.87. The van der Waals surface area contributed by atoms with Crippen molar-refractivity contribution in [2.75, 3.05) is 6.61 Å². The number of carboxylic acids is 1. The van der Waals surface area contributed by atoms with E-state index in [1.165, 1.54) is 32.1 Å². The smallest absolute Gasteiger partial charge is 0.371 e. The minimum Gasteiger partial charge on any atom is -0.487 e. The fraction of sp³-hybridized carbons (Fsp3) is 0.500. The largest absolute Gasteiger partial charge is 0.487 e. The number of hydrogen-bond acceptors (Lipinski definition) is 2. The summed E-state index contributed by atoms with van der Waals surface area (Å²) in [4.78, 5) is 11.1. The predicted octanol–water partition coefficient (Wildman–Crippen LogP) is 4.88. The van der Waals surface area contributed by atoms with Crippen LogP contribution in [0.2, 0.25) is 0 Å². The second-order valence-corrected chi connectivity index (χ2v) is 5.19. The highest BCUT2D eigenvalue weighted by atomic mass is 16.5. The van der Waals surface area contributed by atoms with Crippen LogP contribution in [0.4, 0.5) is 0 Å². The van der Waals surface area contributed by atoms with Crippen LogP contribution in [0.3, 0.4) is 0 Å². The third-order valence-corrected chi connectivity index (χ3v) is 3.31. The molecule has 1 aromatic rings. The Labute approximate surface area is 127 Å². The van der Waals surface area contributed by atoms with Gasteiger partial charge in [-0.3, -0.25) is 0 Å². The number of unbranched alkanes of at least 4 members (excludes halogenated alkanes) is 6. The highest BCUT2D eigenvalue weighted by Gasteiger charge is 2.08. The topological polar surface area (TPSA) is 46.5 Å². The lowest BCUT2D eigenvalue weighted by Crippen LogP contribution is -2.06. The lowest BCUT2D eigenvalue weighted by atomic mass is 10.1. The summed E-state index contributed by atoms with van der Waals surface area (Å²) < 4.78 is 5.40. The fourth-order valence-corrected chi connectivity index (χ4v) is 2.11. The first kappa shape index (κ1) is 17.3. The van der Waals surface area contributed by atoms with Gasteiger partial charge in [0.1, 0.15) is 0 Å². The minimum absolute atomic E-state index is 0.0205. The lowest BCUT2D eigenvalue weighted by molar-refractivity contribution is -0.136. The molecule has 0 unspecified atom stereocenters. The standard InChI is InChI=1S/C18H26O3/c1-2-3-4-5-6-7-11-14-21-17(18(19)20)15-16-12-9-8-10-13-16/h8-10,12-13,15H,2-7,11,14H2,1H3,(H,19,20). The maximum Gasteiger partial charge on any atom is 0.371 e. The van der Waals surface area contributed by atoms with Crippen LogP contribution in [0.15, 0.2) is 36.1 Å². The van der Waals surface area contributed by atoms with Crippen molar-refractivity contribution >= 4 is 12.0 Å². The summed E-state index contributed by atoms with van der Waals surface area (Å²) in [6.45, 7) is 2.68. The van der Waals surface area contributed by atoms with E-state index >= 15 is 0 Å². The van der Waals surface area contributed by atoms with Gasteiger partial charge in [0.05, 0.1) is 6.61 Å². The molecular weight excluding hydrogens is 264 g/mol. The number of carbonyl (C=O) groups is 1. The molecular formula is C18H26O3. The Balaban J connectivity index is 2.27. The van der Waals surface area contributed by atoms with Crippen molar-refractivity contribution < 1.29 is 14.6 Å². The molecule has 1 N–H and O–H groups in total. The molecule has 0 amide bonds. The minimum atomic E-state index is -1.01. The molecule has 0 aliphatic rings. The molecule has 1 aromatic carbocycles. The average molecular weight is 290 g/mol.